The van der Waals surface area contributed by atoms with Crippen LogP contribution in [0.25, 0.3) is 5.82 Å². The Bertz CT molecular complexity index is 789. The van der Waals surface area contributed by atoms with E-state index >= 15 is 0 Å². The van der Waals surface area contributed by atoms with Crippen molar-refractivity contribution >= 4 is 11.8 Å². The van der Waals surface area contributed by atoms with E-state index < -0.39 is 0 Å². The van der Waals surface area contributed by atoms with Gasteiger partial charge >= 0.3 is 0 Å². The molecule has 6 nitrogen and oxygen atoms in total. The second kappa shape index (κ2) is 7.23. The smallest absolute Gasteiger partial charge is 0.195 e. The lowest BCUT2D eigenvalue weighted by Crippen LogP contribution is -2.09. The SMILES string of the molecule is CCc1ccnc(-n2nnnc2COc2ccccc2SC)c1. The minimum absolute atomic E-state index is 0.280. The van der Waals surface area contributed by atoms with Crippen molar-refractivity contribution in [3.05, 3.63) is 54.0 Å². The average molecular weight is 327 g/mol. The topological polar surface area (TPSA) is 65.7 Å². The molecule has 23 heavy (non-hydrogen) atoms. The van der Waals surface area contributed by atoms with Crippen LogP contribution in [0.4, 0.5) is 0 Å². The Morgan fingerprint density at radius 2 is 2.09 bits per heavy atom. The molecule has 0 amide bonds. The number of aryl methyl sites for hydroxylation is 1. The number of nitrogens with zero attached hydrogens (tertiary/aromatic N) is 5. The van der Waals surface area contributed by atoms with E-state index in [1.165, 1.54) is 5.56 Å². The summed E-state index contributed by atoms with van der Waals surface area (Å²) in [6, 6.07) is 11.9. The van der Waals surface area contributed by atoms with Gasteiger partial charge in [-0.1, -0.05) is 19.1 Å². The molecule has 2 aromatic heterocycles. The third-order valence-electron chi connectivity index (χ3n) is 3.40. The summed E-state index contributed by atoms with van der Waals surface area (Å²) >= 11 is 1.64. The fourth-order valence-electron chi connectivity index (χ4n) is 2.15. The van der Waals surface area contributed by atoms with Gasteiger partial charge < -0.3 is 4.74 Å². The molecule has 1 aromatic carbocycles. The Labute approximate surface area is 138 Å². The van der Waals surface area contributed by atoms with Gasteiger partial charge in [-0.2, -0.15) is 4.68 Å². The Morgan fingerprint density at radius 1 is 1.22 bits per heavy atom. The first-order valence-electron chi connectivity index (χ1n) is 7.30. The molecule has 2 heterocycles. The van der Waals surface area contributed by atoms with Gasteiger partial charge in [0.2, 0.25) is 0 Å². The highest BCUT2D eigenvalue weighted by Crippen LogP contribution is 2.27. The van der Waals surface area contributed by atoms with E-state index in [1.54, 1.807) is 22.6 Å². The van der Waals surface area contributed by atoms with Gasteiger partial charge in [-0.3, -0.25) is 0 Å². The molecule has 0 fully saturated rings. The molecule has 0 spiro atoms. The molecule has 0 saturated carbocycles. The number of benzene rings is 1. The Balaban J connectivity index is 1.81. The molecule has 0 unspecified atom stereocenters. The Kier molecular flexibility index (Phi) is 4.87. The van der Waals surface area contributed by atoms with Crippen LogP contribution in [0.5, 0.6) is 5.75 Å². The van der Waals surface area contributed by atoms with Gasteiger partial charge in [0.25, 0.3) is 0 Å². The number of hydrogen-bond acceptors (Lipinski definition) is 6. The molecule has 0 radical (unpaired) electrons. The van der Waals surface area contributed by atoms with Crippen LogP contribution in [-0.4, -0.2) is 31.4 Å². The maximum absolute atomic E-state index is 5.88. The van der Waals surface area contributed by atoms with Crippen LogP contribution in [0.2, 0.25) is 0 Å². The zero-order valence-electron chi connectivity index (χ0n) is 13.0. The summed E-state index contributed by atoms with van der Waals surface area (Å²) in [7, 11) is 0. The largest absolute Gasteiger partial charge is 0.484 e. The fraction of sp³-hybridized carbons (Fsp3) is 0.250. The molecule has 0 aliphatic carbocycles. The molecule has 118 valence electrons. The van der Waals surface area contributed by atoms with Crippen molar-refractivity contribution in [2.24, 2.45) is 0 Å². The van der Waals surface area contributed by atoms with Gasteiger partial charge in [-0.15, -0.1) is 16.9 Å². The molecule has 0 bridgehead atoms. The number of aromatic nitrogens is 5. The zero-order valence-corrected chi connectivity index (χ0v) is 13.8. The van der Waals surface area contributed by atoms with Crippen molar-refractivity contribution in [1.82, 2.24) is 25.2 Å². The molecule has 3 rings (SSSR count). The van der Waals surface area contributed by atoms with Crippen molar-refractivity contribution in [1.29, 1.82) is 0 Å². The molecular weight excluding hydrogens is 310 g/mol. The molecular formula is C16H17N5OS. The number of tetrazole rings is 1. The quantitative estimate of drug-likeness (QED) is 0.649. The van der Waals surface area contributed by atoms with E-state index in [-0.39, 0.29) is 6.61 Å². The van der Waals surface area contributed by atoms with Crippen LogP contribution in [0.15, 0.2) is 47.5 Å². The van der Waals surface area contributed by atoms with Crippen molar-refractivity contribution in [3.63, 3.8) is 0 Å². The zero-order chi connectivity index (χ0) is 16.1. The molecule has 0 aliphatic heterocycles. The van der Waals surface area contributed by atoms with Crippen LogP contribution in [0.3, 0.4) is 0 Å². The fourth-order valence-corrected chi connectivity index (χ4v) is 2.69. The van der Waals surface area contributed by atoms with Crippen LogP contribution >= 0.6 is 11.8 Å². The highest BCUT2D eigenvalue weighted by molar-refractivity contribution is 7.98. The summed E-state index contributed by atoms with van der Waals surface area (Å²) in [4.78, 5) is 5.42. The molecule has 0 N–H and O–H groups in total. The second-order valence-corrected chi connectivity index (χ2v) is 5.67. The normalized spacial score (nSPS) is 10.7. The van der Waals surface area contributed by atoms with E-state index in [0.717, 1.165) is 17.1 Å². The van der Waals surface area contributed by atoms with Gasteiger partial charge in [-0.05, 0) is 52.9 Å². The lowest BCUT2D eigenvalue weighted by atomic mass is 10.2. The molecule has 3 aromatic rings. The summed E-state index contributed by atoms with van der Waals surface area (Å²) < 4.78 is 7.49. The maximum Gasteiger partial charge on any atom is 0.195 e. The third-order valence-corrected chi connectivity index (χ3v) is 4.17. The van der Waals surface area contributed by atoms with Gasteiger partial charge in [0, 0.05) is 11.1 Å². The lowest BCUT2D eigenvalue weighted by molar-refractivity contribution is 0.285. The maximum atomic E-state index is 5.88. The van der Waals surface area contributed by atoms with Crippen molar-refractivity contribution in [3.8, 4) is 11.6 Å². The highest BCUT2D eigenvalue weighted by atomic mass is 32.2. The first kappa shape index (κ1) is 15.5. The standard InChI is InChI=1S/C16H17N5OS/c1-3-12-8-9-17-15(10-12)21-16(18-19-20-21)11-22-13-6-4-5-7-14(13)23-2/h4-10H,3,11H2,1-2H3. The number of para-hydroxylation sites is 1. The minimum Gasteiger partial charge on any atom is -0.484 e. The first-order chi connectivity index (χ1) is 11.3. The summed E-state index contributed by atoms with van der Waals surface area (Å²) in [5.74, 6) is 2.14. The van der Waals surface area contributed by atoms with Crippen LogP contribution in [0.1, 0.15) is 18.3 Å². The van der Waals surface area contributed by atoms with Gasteiger partial charge in [0.1, 0.15) is 12.4 Å². The summed E-state index contributed by atoms with van der Waals surface area (Å²) in [5.41, 5.74) is 1.19. The predicted molar refractivity (Wildman–Crippen MR) is 88.9 cm³/mol. The monoisotopic (exact) mass is 327 g/mol. The number of thioether (sulfide) groups is 1. The Morgan fingerprint density at radius 3 is 2.91 bits per heavy atom. The molecule has 0 aliphatic rings. The number of hydrogen-bond donors (Lipinski definition) is 0. The van der Waals surface area contributed by atoms with Gasteiger partial charge in [0.15, 0.2) is 11.6 Å². The molecule has 7 heteroatoms. The van der Waals surface area contributed by atoms with E-state index in [4.69, 9.17) is 4.74 Å². The summed E-state index contributed by atoms with van der Waals surface area (Å²) in [6.45, 7) is 2.38. The van der Waals surface area contributed by atoms with Crippen molar-refractivity contribution in [2.45, 2.75) is 24.8 Å². The molecule has 0 atom stereocenters. The lowest BCUT2D eigenvalue weighted by Gasteiger charge is -2.09. The average Bonchev–Trinajstić information content (AvgIpc) is 3.08. The number of rotatable bonds is 6. The van der Waals surface area contributed by atoms with Gasteiger partial charge in [0.05, 0.1) is 0 Å². The first-order valence-corrected chi connectivity index (χ1v) is 8.52. The van der Waals surface area contributed by atoms with Crippen LogP contribution < -0.4 is 4.74 Å². The minimum atomic E-state index is 0.280. The van der Waals surface area contributed by atoms with Crippen molar-refractivity contribution in [2.75, 3.05) is 6.26 Å². The predicted octanol–water partition coefficient (Wildman–Crippen LogP) is 2.92. The van der Waals surface area contributed by atoms with E-state index in [9.17, 15) is 0 Å². The third kappa shape index (κ3) is 3.50. The van der Waals surface area contributed by atoms with E-state index in [2.05, 4.69) is 27.4 Å². The van der Waals surface area contributed by atoms with Crippen LogP contribution in [-0.2, 0) is 13.0 Å². The summed E-state index contributed by atoms with van der Waals surface area (Å²) in [6.07, 6.45) is 4.72. The van der Waals surface area contributed by atoms with Crippen LogP contribution in [0, 0.1) is 0 Å². The second-order valence-electron chi connectivity index (χ2n) is 4.82. The van der Waals surface area contributed by atoms with E-state index in [0.29, 0.717) is 11.6 Å². The van der Waals surface area contributed by atoms with Gasteiger partial charge in [-0.25, -0.2) is 4.98 Å². The number of pyridine rings is 1. The van der Waals surface area contributed by atoms with Crippen molar-refractivity contribution < 1.29 is 4.74 Å². The number of ether oxygens (including phenoxy) is 1. The van der Waals surface area contributed by atoms with E-state index in [1.807, 2.05) is 42.7 Å². The summed E-state index contributed by atoms with van der Waals surface area (Å²) in [5, 5.41) is 11.8. The molecule has 0 saturated heterocycles. The Hall–Kier alpha value is -2.41. The highest BCUT2D eigenvalue weighted by Gasteiger charge is 2.11.